The Kier molecular flexibility index (Phi) is 4.71. The van der Waals surface area contributed by atoms with E-state index < -0.39 is 11.7 Å². The molecule has 0 aliphatic heterocycles. The Bertz CT molecular complexity index is 380. The summed E-state index contributed by atoms with van der Waals surface area (Å²) in [5.74, 6) is -1.05. The highest BCUT2D eigenvalue weighted by Gasteiger charge is 2.12. The molecule has 0 unspecified atom stereocenters. The zero-order valence-electron chi connectivity index (χ0n) is 8.84. The molecule has 16 heavy (non-hydrogen) atoms. The lowest BCUT2D eigenvalue weighted by atomic mass is 10.1. The van der Waals surface area contributed by atoms with E-state index in [0.29, 0.717) is 6.42 Å². The van der Waals surface area contributed by atoms with Crippen LogP contribution in [-0.2, 0) is 0 Å². The summed E-state index contributed by atoms with van der Waals surface area (Å²) in [6, 6.07) is 3.52. The van der Waals surface area contributed by atoms with Gasteiger partial charge in [-0.25, -0.2) is 4.39 Å². The first-order valence-corrected chi connectivity index (χ1v) is 5.33. The lowest BCUT2D eigenvalue weighted by Crippen LogP contribution is -2.36. The molecule has 1 aromatic carbocycles. The van der Waals surface area contributed by atoms with Crippen LogP contribution >= 0.6 is 11.6 Å². The Morgan fingerprint density at radius 1 is 1.62 bits per heavy atom. The van der Waals surface area contributed by atoms with E-state index in [4.69, 9.17) is 16.7 Å². The molecule has 0 heterocycles. The highest BCUT2D eigenvalue weighted by Crippen LogP contribution is 2.15. The number of amides is 1. The van der Waals surface area contributed by atoms with Crippen LogP contribution in [0.2, 0.25) is 5.02 Å². The van der Waals surface area contributed by atoms with Crippen molar-refractivity contribution in [3.05, 3.63) is 34.6 Å². The topological polar surface area (TPSA) is 49.3 Å². The minimum atomic E-state index is -0.633. The predicted molar refractivity (Wildman–Crippen MR) is 60.0 cm³/mol. The number of carbonyl (C=O) groups is 1. The molecule has 88 valence electrons. The fourth-order valence-corrected chi connectivity index (χ4v) is 1.30. The van der Waals surface area contributed by atoms with E-state index in [1.807, 2.05) is 6.92 Å². The van der Waals surface area contributed by atoms with Crippen LogP contribution < -0.4 is 5.32 Å². The smallest absolute Gasteiger partial charge is 0.251 e. The number of aliphatic hydroxyl groups excluding tert-OH is 1. The van der Waals surface area contributed by atoms with Crippen LogP contribution in [0.4, 0.5) is 4.39 Å². The minimum Gasteiger partial charge on any atom is -0.394 e. The third-order valence-electron chi connectivity index (χ3n) is 2.23. The van der Waals surface area contributed by atoms with Gasteiger partial charge in [0.25, 0.3) is 5.91 Å². The highest BCUT2D eigenvalue weighted by molar-refractivity contribution is 6.30. The molecule has 0 aromatic heterocycles. The van der Waals surface area contributed by atoms with Crippen molar-refractivity contribution in [3.63, 3.8) is 0 Å². The molecule has 1 rings (SSSR count). The second-order valence-electron chi connectivity index (χ2n) is 3.39. The number of hydrogen-bond donors (Lipinski definition) is 2. The van der Waals surface area contributed by atoms with Crippen LogP contribution in [0.3, 0.4) is 0 Å². The van der Waals surface area contributed by atoms with Crippen LogP contribution in [0.25, 0.3) is 0 Å². The number of benzene rings is 1. The summed E-state index contributed by atoms with van der Waals surface area (Å²) >= 11 is 5.50. The SMILES string of the molecule is CC[C@H](CO)NC(=O)c1ccc(Cl)c(F)c1. The van der Waals surface area contributed by atoms with E-state index in [1.54, 1.807) is 0 Å². The van der Waals surface area contributed by atoms with Gasteiger partial charge in [0.2, 0.25) is 0 Å². The van der Waals surface area contributed by atoms with Gasteiger partial charge in [-0.2, -0.15) is 0 Å². The van der Waals surface area contributed by atoms with E-state index in [1.165, 1.54) is 12.1 Å². The molecule has 0 bridgehead atoms. The maximum Gasteiger partial charge on any atom is 0.251 e. The largest absolute Gasteiger partial charge is 0.394 e. The van der Waals surface area contributed by atoms with E-state index >= 15 is 0 Å². The number of carbonyl (C=O) groups excluding carboxylic acids is 1. The van der Waals surface area contributed by atoms with Gasteiger partial charge >= 0.3 is 0 Å². The molecule has 0 radical (unpaired) electrons. The van der Waals surface area contributed by atoms with Crippen LogP contribution in [0.1, 0.15) is 23.7 Å². The van der Waals surface area contributed by atoms with E-state index in [-0.39, 0.29) is 23.2 Å². The van der Waals surface area contributed by atoms with Crippen LogP contribution in [0, 0.1) is 5.82 Å². The molecule has 0 saturated heterocycles. The van der Waals surface area contributed by atoms with Crippen molar-refractivity contribution in [2.24, 2.45) is 0 Å². The van der Waals surface area contributed by atoms with Crippen molar-refractivity contribution in [2.45, 2.75) is 19.4 Å². The summed E-state index contributed by atoms with van der Waals surface area (Å²) in [7, 11) is 0. The van der Waals surface area contributed by atoms with Crippen molar-refractivity contribution in [1.82, 2.24) is 5.32 Å². The van der Waals surface area contributed by atoms with Gasteiger partial charge in [0, 0.05) is 5.56 Å². The maximum absolute atomic E-state index is 13.1. The molecule has 1 amide bonds. The predicted octanol–water partition coefficient (Wildman–Crippen LogP) is 1.98. The Balaban J connectivity index is 2.76. The first-order valence-electron chi connectivity index (χ1n) is 4.95. The van der Waals surface area contributed by atoms with E-state index in [2.05, 4.69) is 5.32 Å². The van der Waals surface area contributed by atoms with Gasteiger partial charge in [-0.15, -0.1) is 0 Å². The molecule has 0 spiro atoms. The Morgan fingerprint density at radius 3 is 2.81 bits per heavy atom. The van der Waals surface area contributed by atoms with Crippen molar-refractivity contribution in [2.75, 3.05) is 6.61 Å². The summed E-state index contributed by atoms with van der Waals surface area (Å²) in [6.45, 7) is 1.70. The highest BCUT2D eigenvalue weighted by atomic mass is 35.5. The molecule has 2 N–H and O–H groups in total. The van der Waals surface area contributed by atoms with Crippen LogP contribution in [-0.4, -0.2) is 23.7 Å². The molecule has 1 atom stereocenters. The van der Waals surface area contributed by atoms with Gasteiger partial charge in [0.05, 0.1) is 17.7 Å². The Hall–Kier alpha value is -1.13. The monoisotopic (exact) mass is 245 g/mol. The Morgan fingerprint density at radius 2 is 2.31 bits per heavy atom. The zero-order valence-corrected chi connectivity index (χ0v) is 9.59. The van der Waals surface area contributed by atoms with Crippen molar-refractivity contribution in [1.29, 1.82) is 0 Å². The van der Waals surface area contributed by atoms with Crippen molar-refractivity contribution in [3.8, 4) is 0 Å². The molecule has 5 heteroatoms. The molecule has 0 aliphatic carbocycles. The van der Waals surface area contributed by atoms with Crippen LogP contribution in [0.5, 0.6) is 0 Å². The quantitative estimate of drug-likeness (QED) is 0.852. The van der Waals surface area contributed by atoms with E-state index in [9.17, 15) is 9.18 Å². The number of hydrogen-bond acceptors (Lipinski definition) is 2. The minimum absolute atomic E-state index is 0.0225. The second-order valence-corrected chi connectivity index (χ2v) is 3.80. The molecule has 0 aliphatic rings. The zero-order chi connectivity index (χ0) is 12.1. The number of rotatable bonds is 4. The molecule has 0 fully saturated rings. The van der Waals surface area contributed by atoms with Crippen LogP contribution in [0.15, 0.2) is 18.2 Å². The standard InChI is InChI=1S/C11H13ClFNO2/c1-2-8(6-15)14-11(16)7-3-4-9(12)10(13)5-7/h3-5,8,15H,2,6H2,1H3,(H,14,16)/t8-/m1/s1. The lowest BCUT2D eigenvalue weighted by Gasteiger charge is -2.13. The first kappa shape index (κ1) is 12.9. The molecular weight excluding hydrogens is 233 g/mol. The molecule has 3 nitrogen and oxygen atoms in total. The summed E-state index contributed by atoms with van der Waals surface area (Å²) in [5.41, 5.74) is 0.189. The average Bonchev–Trinajstić information content (AvgIpc) is 2.29. The van der Waals surface area contributed by atoms with E-state index in [0.717, 1.165) is 6.07 Å². The summed E-state index contributed by atoms with van der Waals surface area (Å²) in [4.78, 5) is 11.6. The fraction of sp³-hybridized carbons (Fsp3) is 0.364. The summed E-state index contributed by atoms with van der Waals surface area (Å²) in [5, 5.41) is 11.5. The lowest BCUT2D eigenvalue weighted by molar-refractivity contribution is 0.0914. The summed E-state index contributed by atoms with van der Waals surface area (Å²) in [6.07, 6.45) is 0.609. The molecular formula is C11H13ClFNO2. The third-order valence-corrected chi connectivity index (χ3v) is 2.54. The van der Waals surface area contributed by atoms with Gasteiger partial charge in [0.1, 0.15) is 5.82 Å². The first-order chi connectivity index (χ1) is 7.58. The van der Waals surface area contributed by atoms with Crippen molar-refractivity contribution < 1.29 is 14.3 Å². The van der Waals surface area contributed by atoms with Gasteiger partial charge in [0.15, 0.2) is 0 Å². The molecule has 1 aromatic rings. The maximum atomic E-state index is 13.1. The Labute approximate surface area is 98.2 Å². The normalized spacial score (nSPS) is 12.2. The number of aliphatic hydroxyl groups is 1. The van der Waals surface area contributed by atoms with Gasteiger partial charge < -0.3 is 10.4 Å². The fourth-order valence-electron chi connectivity index (χ4n) is 1.18. The second kappa shape index (κ2) is 5.82. The number of halogens is 2. The van der Waals surface area contributed by atoms with Gasteiger partial charge in [-0.1, -0.05) is 18.5 Å². The third kappa shape index (κ3) is 3.18. The van der Waals surface area contributed by atoms with Gasteiger partial charge in [-0.3, -0.25) is 4.79 Å². The molecule has 0 saturated carbocycles. The average molecular weight is 246 g/mol. The van der Waals surface area contributed by atoms with Crippen molar-refractivity contribution >= 4 is 17.5 Å². The summed E-state index contributed by atoms with van der Waals surface area (Å²) < 4.78 is 13.1. The van der Waals surface area contributed by atoms with Gasteiger partial charge in [-0.05, 0) is 24.6 Å². The number of nitrogens with one attached hydrogen (secondary N) is 1.